The molecule has 22 rings (SSSR count). The van der Waals surface area contributed by atoms with E-state index in [9.17, 15) is 44.7 Å². The summed E-state index contributed by atoms with van der Waals surface area (Å²) in [5.74, 6) is -0.282. The third kappa shape index (κ3) is 21.0. The van der Waals surface area contributed by atoms with E-state index in [0.717, 1.165) is 136 Å². The first-order valence-electron chi connectivity index (χ1n) is 42.4. The topological polar surface area (TPSA) is 224 Å². The summed E-state index contributed by atoms with van der Waals surface area (Å²) in [4.78, 5) is 74.7. The molecule has 0 aliphatic carbocycles. The standard InChI is InChI=1S/2C19H22N2O.C16H16ClNO2S.3C15H14ClNO2S/c2*1-2-13-12-21-10-8-14(13)11-18(21)19(22)16-7-9-20-17-6-4-3-5-15(16)17;1-20-16(19)15(12-4-2-3-5-13(12)17)18-8-6-14-11(10-18)7-9-21-14;3*16-12-4-2-1-3-11(12)14(15(18)19)17-7-5-13-10(9-17)6-8-20-13/h2*2-7,9,13-14,18-19,22H,1,8,10-12H2;2-5,7,9,15H,6,8,10H2,1H3;3*1-4,6,8,14H,5,7,9H2,(H,18,19)/t2*13-,14?,18+,19+;15-;2*14-;/m00000./s1. The Balaban J connectivity index is 0.000000116. The molecule has 0 saturated carbocycles. The number of fused-ring (bicyclic) bond motifs is 12. The Bertz CT molecular complexity index is 5370. The average Bonchev–Trinajstić information content (AvgIpc) is 1.59. The predicted octanol–water partition coefficient (Wildman–Crippen LogP) is 20.8. The fraction of sp³-hybridized carbons (Fsp3) is 0.333. The smallest absolute Gasteiger partial charge is 0.327 e. The first kappa shape index (κ1) is 90.9. The summed E-state index contributed by atoms with van der Waals surface area (Å²) < 4.78 is 5.01. The summed E-state index contributed by atoms with van der Waals surface area (Å²) in [6, 6.07) is 55.5. The fourth-order valence-electron chi connectivity index (χ4n) is 19.4. The molecule has 6 saturated heterocycles. The lowest BCUT2D eigenvalue weighted by Crippen LogP contribution is -2.54. The number of aliphatic hydroxyl groups excluding tert-OH is 2. The van der Waals surface area contributed by atoms with Crippen LogP contribution in [0.5, 0.6) is 0 Å². The number of aliphatic hydroxyl groups is 2. The molecule has 0 radical (unpaired) electrons. The molecule has 10 aliphatic heterocycles. The monoisotopic (exact) mass is 1830 g/mol. The number of benzene rings is 6. The molecule has 14 atom stereocenters. The second kappa shape index (κ2) is 42.4. The number of hydrogen-bond acceptors (Lipinski definition) is 19. The fourth-order valence-corrected chi connectivity index (χ4v) is 23.9. The maximum atomic E-state index is 12.3. The number of methoxy groups -OCH3 is 1. The number of pyridine rings is 2. The van der Waals surface area contributed by atoms with Gasteiger partial charge in [-0.3, -0.25) is 53.8 Å². The van der Waals surface area contributed by atoms with Crippen molar-refractivity contribution in [2.45, 2.75) is 126 Å². The van der Waals surface area contributed by atoms with Crippen LogP contribution in [0.4, 0.5) is 0 Å². The van der Waals surface area contributed by atoms with Crippen LogP contribution >= 0.6 is 91.8 Å². The highest BCUT2D eigenvalue weighted by molar-refractivity contribution is 7.11. The number of esters is 1. The van der Waals surface area contributed by atoms with Gasteiger partial charge in [0.1, 0.15) is 24.2 Å². The lowest BCUT2D eigenvalue weighted by molar-refractivity contribution is -0.148. The Morgan fingerprint density at radius 2 is 0.704 bits per heavy atom. The second-order valence-corrected chi connectivity index (χ2v) is 38.4. The molecule has 12 aromatic rings. The number of carbonyl (C=O) groups excluding carboxylic acids is 1. The molecule has 5 N–H and O–H groups in total. The largest absolute Gasteiger partial charge is 0.480 e. The van der Waals surface area contributed by atoms with Gasteiger partial charge in [-0.1, -0.05) is 168 Å². The molecule has 5 unspecified atom stereocenters. The van der Waals surface area contributed by atoms with Gasteiger partial charge in [0.15, 0.2) is 0 Å². The molecule has 0 amide bonds. The van der Waals surface area contributed by atoms with Crippen LogP contribution in [-0.4, -0.2) is 160 Å². The summed E-state index contributed by atoms with van der Waals surface area (Å²) in [5.41, 5.74) is 11.8. The molecule has 650 valence electrons. The van der Waals surface area contributed by atoms with Crippen molar-refractivity contribution in [1.29, 1.82) is 0 Å². The van der Waals surface area contributed by atoms with Crippen LogP contribution in [-0.2, 0) is 75.8 Å². The van der Waals surface area contributed by atoms with Crippen molar-refractivity contribution >= 4 is 137 Å². The van der Waals surface area contributed by atoms with E-state index in [2.05, 4.69) is 108 Å². The number of nitrogens with zero attached hydrogens (tertiary/aromatic N) is 8. The van der Waals surface area contributed by atoms with Crippen LogP contribution < -0.4 is 0 Å². The molecule has 26 heteroatoms. The van der Waals surface area contributed by atoms with E-state index in [1.54, 1.807) is 81.7 Å². The van der Waals surface area contributed by atoms with Crippen molar-refractivity contribution < 1.29 is 49.4 Å². The predicted molar refractivity (Wildman–Crippen MR) is 502 cm³/mol. The number of carboxylic acid groups (broad SMARTS) is 3. The first-order valence-corrected chi connectivity index (χ1v) is 47.5. The van der Waals surface area contributed by atoms with Gasteiger partial charge >= 0.3 is 23.9 Å². The van der Waals surface area contributed by atoms with Gasteiger partial charge in [-0.15, -0.1) is 58.5 Å². The highest BCUT2D eigenvalue weighted by atomic mass is 35.5. The number of para-hydroxylation sites is 2. The Morgan fingerprint density at radius 3 is 0.992 bits per heavy atom. The summed E-state index contributed by atoms with van der Waals surface area (Å²) in [6.45, 7) is 18.1. The quantitative estimate of drug-likeness (QED) is 0.0398. The van der Waals surface area contributed by atoms with Gasteiger partial charge in [-0.05, 0) is 238 Å². The first-order chi connectivity index (χ1) is 60.7. The highest BCUT2D eigenvalue weighted by Crippen LogP contribution is 2.46. The minimum Gasteiger partial charge on any atom is -0.480 e. The number of piperidine rings is 6. The summed E-state index contributed by atoms with van der Waals surface area (Å²) in [5, 5.41) is 63.5. The normalized spacial score (nSPS) is 22.0. The Labute approximate surface area is 765 Å². The Morgan fingerprint density at radius 1 is 0.408 bits per heavy atom. The average molecular weight is 1830 g/mol. The number of aliphatic carboxylic acids is 3. The molecule has 6 aromatic carbocycles. The van der Waals surface area contributed by atoms with Crippen LogP contribution in [0.3, 0.4) is 0 Å². The third-order valence-corrected chi connectivity index (χ3v) is 31.2. The maximum Gasteiger partial charge on any atom is 0.327 e. The van der Waals surface area contributed by atoms with E-state index < -0.39 is 54.3 Å². The van der Waals surface area contributed by atoms with Crippen molar-refractivity contribution in [1.82, 2.24) is 39.4 Å². The van der Waals surface area contributed by atoms with Crippen molar-refractivity contribution in [2.24, 2.45) is 23.7 Å². The van der Waals surface area contributed by atoms with Crippen LogP contribution in [0.2, 0.25) is 20.1 Å². The van der Waals surface area contributed by atoms with Gasteiger partial charge in [0, 0.05) is 140 Å². The third-order valence-electron chi connectivity index (χ3n) is 25.8. The van der Waals surface area contributed by atoms with E-state index in [1.807, 2.05) is 136 Å². The SMILES string of the molecule is C=C[C@H]1CN2CCC1C[C@@H]2[C@H](O)c1ccnc2ccccc12.C=C[C@H]1CN2CCC1C[C@@H]2[C@H](O)c1ccnc2ccccc12.COC(=O)[C@H](c1ccccc1Cl)N1CCc2sccc2C1.O=C(O)C(c1ccccc1Cl)N1CCc2sccc2C1.O=C(O)[C@H](c1ccccc1Cl)N1CCc2sccc2C1.O=C(O)[C@H](c1ccccc1Cl)N1CCc2sccc2C1. The molecule has 4 bridgehead atoms. The number of aromatic nitrogens is 2. The summed E-state index contributed by atoms with van der Waals surface area (Å²) in [6.07, 6.45) is 15.2. The van der Waals surface area contributed by atoms with E-state index in [4.69, 9.17) is 51.1 Å². The zero-order valence-corrected chi connectivity index (χ0v) is 75.7. The molecular weight excluding hydrogens is 1730 g/mol. The zero-order valence-electron chi connectivity index (χ0n) is 69.4. The highest BCUT2D eigenvalue weighted by Gasteiger charge is 2.45. The van der Waals surface area contributed by atoms with E-state index in [0.29, 0.717) is 80.1 Å². The van der Waals surface area contributed by atoms with Crippen LogP contribution in [0.25, 0.3) is 21.8 Å². The van der Waals surface area contributed by atoms with Gasteiger partial charge in [0.2, 0.25) is 0 Å². The van der Waals surface area contributed by atoms with E-state index >= 15 is 0 Å². The molecule has 18 nitrogen and oxygen atoms in total. The molecule has 16 heterocycles. The van der Waals surface area contributed by atoms with E-state index in [1.165, 1.54) is 61.7 Å². The number of hydrogen-bond donors (Lipinski definition) is 5. The molecular formula is C99H102Cl4N8O10S4. The number of carboxylic acids is 3. The lowest BCUT2D eigenvalue weighted by atomic mass is 9.73. The number of carbonyl (C=O) groups is 4. The van der Waals surface area contributed by atoms with Crippen LogP contribution in [0, 0.1) is 23.7 Å². The zero-order chi connectivity index (χ0) is 87.4. The van der Waals surface area contributed by atoms with Gasteiger partial charge < -0.3 is 30.3 Å². The van der Waals surface area contributed by atoms with E-state index in [-0.39, 0.29) is 18.1 Å². The Kier molecular flexibility index (Phi) is 30.8. The Hall–Kier alpha value is -8.86. The van der Waals surface area contributed by atoms with Crippen LogP contribution in [0.1, 0.15) is 137 Å². The van der Waals surface area contributed by atoms with Gasteiger partial charge in [-0.25, -0.2) is 4.79 Å². The van der Waals surface area contributed by atoms with Crippen molar-refractivity contribution in [3.05, 3.63) is 336 Å². The number of thiophene rings is 4. The molecule has 6 aromatic heterocycles. The minimum absolute atomic E-state index is 0.223. The molecule has 10 aliphatic rings. The van der Waals surface area contributed by atoms with Gasteiger partial charge in [-0.2, -0.15) is 0 Å². The maximum absolute atomic E-state index is 12.3. The second-order valence-electron chi connectivity index (χ2n) is 32.8. The van der Waals surface area contributed by atoms with Crippen LogP contribution in [0.15, 0.2) is 241 Å². The number of rotatable bonds is 18. The van der Waals surface area contributed by atoms with Crippen molar-refractivity contribution in [2.75, 3.05) is 59.5 Å². The number of ether oxygens (including phenoxy) is 1. The summed E-state index contributed by atoms with van der Waals surface area (Å²) in [7, 11) is 1.42. The molecule has 0 spiro atoms. The lowest BCUT2D eigenvalue weighted by Gasteiger charge is -2.50. The molecule has 125 heavy (non-hydrogen) atoms. The van der Waals surface area contributed by atoms with Crippen molar-refractivity contribution in [3.63, 3.8) is 0 Å². The molecule has 6 fully saturated rings. The number of halogens is 4. The van der Waals surface area contributed by atoms with Crippen molar-refractivity contribution in [3.8, 4) is 0 Å². The van der Waals surface area contributed by atoms with Gasteiger partial charge in [0.05, 0.1) is 30.4 Å². The summed E-state index contributed by atoms with van der Waals surface area (Å²) >= 11 is 31.8. The minimum atomic E-state index is -0.850. The van der Waals surface area contributed by atoms with Gasteiger partial charge in [0.25, 0.3) is 0 Å².